The zero-order valence-electron chi connectivity index (χ0n) is 12.0. The summed E-state index contributed by atoms with van der Waals surface area (Å²) in [5.74, 6) is 0.643. The zero-order valence-corrected chi connectivity index (χ0v) is 12.0. The van der Waals surface area contributed by atoms with Crippen LogP contribution in [0.1, 0.15) is 23.1 Å². The second-order valence-electron chi connectivity index (χ2n) is 4.97. The second-order valence-corrected chi connectivity index (χ2v) is 4.97. The Kier molecular flexibility index (Phi) is 3.53. The second kappa shape index (κ2) is 5.49. The minimum absolute atomic E-state index is 0.172. The van der Waals surface area contributed by atoms with E-state index >= 15 is 0 Å². The van der Waals surface area contributed by atoms with E-state index in [1.165, 1.54) is 9.96 Å². The van der Waals surface area contributed by atoms with Crippen LogP contribution in [0.15, 0.2) is 41.2 Å². The number of likely N-dealkylation sites (N-methyl/N-ethyl adjacent to an activating group) is 1. The molecular formula is C15H17N5O. The number of aryl methyl sites for hydroxylation is 1. The van der Waals surface area contributed by atoms with E-state index < -0.39 is 0 Å². The van der Waals surface area contributed by atoms with Gasteiger partial charge in [-0.05, 0) is 19.5 Å². The van der Waals surface area contributed by atoms with Crippen LogP contribution in [0.25, 0.3) is 5.65 Å². The van der Waals surface area contributed by atoms with Crippen LogP contribution in [-0.4, -0.2) is 26.6 Å². The van der Waals surface area contributed by atoms with E-state index in [-0.39, 0.29) is 11.7 Å². The topological polar surface area (TPSA) is 75.1 Å². The highest BCUT2D eigenvalue weighted by Gasteiger charge is 2.13. The number of aromatic amines is 1. The average molecular weight is 283 g/mol. The molecule has 6 heteroatoms. The lowest BCUT2D eigenvalue weighted by atomic mass is 10.0. The van der Waals surface area contributed by atoms with Crippen molar-refractivity contribution < 1.29 is 0 Å². The molecule has 1 unspecified atom stereocenters. The van der Waals surface area contributed by atoms with E-state index in [1.807, 2.05) is 38.2 Å². The highest BCUT2D eigenvalue weighted by molar-refractivity contribution is 5.39. The third-order valence-electron chi connectivity index (χ3n) is 3.59. The predicted molar refractivity (Wildman–Crippen MR) is 80.3 cm³/mol. The third-order valence-corrected chi connectivity index (χ3v) is 3.59. The van der Waals surface area contributed by atoms with Crippen molar-refractivity contribution in [2.24, 2.45) is 0 Å². The zero-order chi connectivity index (χ0) is 14.8. The quantitative estimate of drug-likeness (QED) is 0.755. The molecule has 0 fully saturated rings. The van der Waals surface area contributed by atoms with Gasteiger partial charge >= 0.3 is 5.69 Å². The molecule has 0 saturated heterocycles. The molecule has 0 aliphatic rings. The van der Waals surface area contributed by atoms with Gasteiger partial charge < -0.3 is 5.32 Å². The fourth-order valence-electron chi connectivity index (χ4n) is 2.54. The summed E-state index contributed by atoms with van der Waals surface area (Å²) in [4.78, 5) is 16.1. The van der Waals surface area contributed by atoms with Crippen LogP contribution in [0.2, 0.25) is 0 Å². The molecule has 2 N–H and O–H groups in total. The van der Waals surface area contributed by atoms with Crippen molar-refractivity contribution in [2.45, 2.75) is 19.4 Å². The van der Waals surface area contributed by atoms with Crippen LogP contribution < -0.4 is 11.0 Å². The number of nitrogens with zero attached hydrogens (tertiary/aromatic N) is 3. The largest absolute Gasteiger partial charge is 0.349 e. The number of fused-ring (bicyclic) bond motifs is 1. The highest BCUT2D eigenvalue weighted by Crippen LogP contribution is 2.17. The Morgan fingerprint density at radius 2 is 2.10 bits per heavy atom. The van der Waals surface area contributed by atoms with Gasteiger partial charge in [0.05, 0.1) is 0 Å². The lowest BCUT2D eigenvalue weighted by Gasteiger charge is -2.16. The summed E-state index contributed by atoms with van der Waals surface area (Å²) >= 11 is 0. The molecule has 0 aliphatic carbocycles. The van der Waals surface area contributed by atoms with Crippen molar-refractivity contribution in [3.8, 4) is 0 Å². The molecule has 1 atom stereocenters. The maximum atomic E-state index is 11.6. The summed E-state index contributed by atoms with van der Waals surface area (Å²) in [7, 11) is 1.93. The Bertz CT molecular complexity index is 806. The van der Waals surface area contributed by atoms with E-state index in [9.17, 15) is 4.79 Å². The molecular weight excluding hydrogens is 266 g/mol. The van der Waals surface area contributed by atoms with Crippen molar-refractivity contribution >= 4 is 5.65 Å². The number of rotatable bonds is 4. The summed E-state index contributed by atoms with van der Waals surface area (Å²) in [5.41, 5.74) is 2.46. The summed E-state index contributed by atoms with van der Waals surface area (Å²) in [6, 6.07) is 12.2. The van der Waals surface area contributed by atoms with Crippen molar-refractivity contribution in [3.05, 3.63) is 64.0 Å². The van der Waals surface area contributed by atoms with Crippen molar-refractivity contribution in [1.29, 1.82) is 0 Å². The molecule has 2 heterocycles. The average Bonchev–Trinajstić information content (AvgIpc) is 2.87. The Hall–Kier alpha value is -2.47. The first-order valence-electron chi connectivity index (χ1n) is 6.85. The number of hydrogen-bond donors (Lipinski definition) is 2. The van der Waals surface area contributed by atoms with Crippen LogP contribution in [-0.2, 0) is 6.42 Å². The highest BCUT2D eigenvalue weighted by atomic mass is 16.1. The lowest BCUT2D eigenvalue weighted by Crippen LogP contribution is -2.20. The molecule has 3 aromatic rings. The van der Waals surface area contributed by atoms with Gasteiger partial charge in [0.2, 0.25) is 0 Å². The molecule has 1 aromatic carbocycles. The number of benzene rings is 1. The molecule has 108 valence electrons. The molecule has 0 amide bonds. The van der Waals surface area contributed by atoms with Crippen LogP contribution in [0, 0.1) is 6.92 Å². The summed E-state index contributed by atoms with van der Waals surface area (Å²) in [6.45, 7) is 1.81. The smallest absolute Gasteiger partial charge is 0.313 e. The van der Waals surface area contributed by atoms with Crippen molar-refractivity contribution in [3.63, 3.8) is 0 Å². The summed E-state index contributed by atoms with van der Waals surface area (Å²) in [6.07, 6.45) is 0.735. The third kappa shape index (κ3) is 2.57. The van der Waals surface area contributed by atoms with Crippen LogP contribution >= 0.6 is 0 Å². The number of H-pyrrole nitrogens is 1. The van der Waals surface area contributed by atoms with Crippen LogP contribution in [0.5, 0.6) is 0 Å². The summed E-state index contributed by atoms with van der Waals surface area (Å²) in [5, 5.41) is 9.76. The molecule has 21 heavy (non-hydrogen) atoms. The van der Waals surface area contributed by atoms with E-state index in [0.717, 1.165) is 12.1 Å². The fraction of sp³-hybridized carbons (Fsp3) is 0.267. The Morgan fingerprint density at radius 1 is 1.33 bits per heavy atom. The first kappa shape index (κ1) is 13.5. The lowest BCUT2D eigenvalue weighted by molar-refractivity contribution is 0.582. The Balaban J connectivity index is 1.95. The van der Waals surface area contributed by atoms with Gasteiger partial charge in [0.1, 0.15) is 5.82 Å². The fourth-order valence-corrected chi connectivity index (χ4v) is 2.54. The monoisotopic (exact) mass is 283 g/mol. The first-order chi connectivity index (χ1) is 10.2. The standard InChI is InChI=1S/C15H17N5O/c1-10-17-12(9-14-18-19-15(21)20(10)14)8-13(16-2)11-6-4-3-5-7-11/h3-7,9,13,16H,8H2,1-2H3,(H,19,21). The Labute approximate surface area is 121 Å². The molecule has 0 saturated carbocycles. The first-order valence-corrected chi connectivity index (χ1v) is 6.85. The van der Waals surface area contributed by atoms with E-state index in [2.05, 4.69) is 32.6 Å². The van der Waals surface area contributed by atoms with Gasteiger partial charge in [-0.15, -0.1) is 0 Å². The maximum absolute atomic E-state index is 11.6. The van der Waals surface area contributed by atoms with Gasteiger partial charge in [-0.2, -0.15) is 5.10 Å². The molecule has 3 rings (SSSR count). The number of nitrogens with one attached hydrogen (secondary N) is 2. The molecule has 0 bridgehead atoms. The van der Waals surface area contributed by atoms with E-state index in [1.54, 1.807) is 0 Å². The molecule has 6 nitrogen and oxygen atoms in total. The van der Waals surface area contributed by atoms with E-state index in [0.29, 0.717) is 11.5 Å². The van der Waals surface area contributed by atoms with Crippen molar-refractivity contribution in [1.82, 2.24) is 24.9 Å². The van der Waals surface area contributed by atoms with Crippen LogP contribution in [0.3, 0.4) is 0 Å². The normalized spacial score (nSPS) is 12.7. The molecule has 0 radical (unpaired) electrons. The molecule has 2 aromatic heterocycles. The van der Waals surface area contributed by atoms with Crippen LogP contribution in [0.4, 0.5) is 0 Å². The van der Waals surface area contributed by atoms with Gasteiger partial charge in [-0.1, -0.05) is 30.3 Å². The molecule has 0 aliphatic heterocycles. The minimum Gasteiger partial charge on any atom is -0.313 e. The Morgan fingerprint density at radius 3 is 2.81 bits per heavy atom. The molecule has 0 spiro atoms. The van der Waals surface area contributed by atoms with Gasteiger partial charge in [0.25, 0.3) is 0 Å². The minimum atomic E-state index is -0.255. The predicted octanol–water partition coefficient (Wildman–Crippen LogP) is 1.23. The summed E-state index contributed by atoms with van der Waals surface area (Å²) < 4.78 is 1.47. The van der Waals surface area contributed by atoms with Gasteiger partial charge in [0.15, 0.2) is 5.65 Å². The van der Waals surface area contributed by atoms with E-state index in [4.69, 9.17) is 0 Å². The van der Waals surface area contributed by atoms with Gasteiger partial charge in [-0.3, -0.25) is 0 Å². The maximum Gasteiger partial charge on any atom is 0.349 e. The van der Waals surface area contributed by atoms with Crippen molar-refractivity contribution in [2.75, 3.05) is 7.05 Å². The van der Waals surface area contributed by atoms with Gasteiger partial charge in [0, 0.05) is 24.2 Å². The number of hydrogen-bond acceptors (Lipinski definition) is 4. The number of aromatic nitrogens is 4. The van der Waals surface area contributed by atoms with Gasteiger partial charge in [-0.25, -0.2) is 19.3 Å². The SMILES string of the molecule is CNC(Cc1cc2n[nH]c(=O)n2c(C)n1)c1ccccc1.